The maximum atomic E-state index is 11.2. The Bertz CT molecular complexity index is 673. The van der Waals surface area contributed by atoms with Gasteiger partial charge in [-0.3, -0.25) is 10.1 Å². The molecule has 1 aromatic heterocycles. The first-order chi connectivity index (χ1) is 9.47. The molecule has 0 amide bonds. The van der Waals surface area contributed by atoms with Gasteiger partial charge in [0.15, 0.2) is 5.16 Å². The smallest absolute Gasteiger partial charge is 0.337 e. The maximum absolute atomic E-state index is 11.2. The Morgan fingerprint density at radius 1 is 1.35 bits per heavy atom. The number of hydrogen-bond acceptors (Lipinski definition) is 6. The van der Waals surface area contributed by atoms with Crippen molar-refractivity contribution < 1.29 is 14.8 Å². The minimum Gasteiger partial charge on any atom is -0.478 e. The average molecular weight is 291 g/mol. The lowest BCUT2D eigenvalue weighted by Crippen LogP contribution is -2.01. The van der Waals surface area contributed by atoms with Crippen LogP contribution < -0.4 is 0 Å². The van der Waals surface area contributed by atoms with Gasteiger partial charge >= 0.3 is 5.97 Å². The van der Waals surface area contributed by atoms with E-state index < -0.39 is 10.9 Å². The van der Waals surface area contributed by atoms with Crippen LogP contribution >= 0.6 is 11.8 Å². The van der Waals surface area contributed by atoms with Crippen LogP contribution in [0.1, 0.15) is 15.9 Å². The van der Waals surface area contributed by atoms with Crippen LogP contribution in [0.15, 0.2) is 40.6 Å². The molecule has 1 aromatic carbocycles. The minimum atomic E-state index is -1.23. The Balaban J connectivity index is 2.38. The van der Waals surface area contributed by atoms with Gasteiger partial charge in [0.05, 0.1) is 10.5 Å². The molecule has 102 valence electrons. The van der Waals surface area contributed by atoms with Crippen LogP contribution in [0.4, 0.5) is 5.69 Å². The van der Waals surface area contributed by atoms with Crippen LogP contribution in [0.3, 0.4) is 0 Å². The Hall–Kier alpha value is -2.48. The Morgan fingerprint density at radius 3 is 2.55 bits per heavy atom. The topological polar surface area (TPSA) is 106 Å². The van der Waals surface area contributed by atoms with Crippen molar-refractivity contribution in [1.29, 1.82) is 0 Å². The SMILES string of the molecule is Cc1cnc(Sc2ccc([N+](=O)[O-])cc2C(=O)O)nc1. The lowest BCUT2D eigenvalue weighted by atomic mass is 10.2. The monoisotopic (exact) mass is 291 g/mol. The van der Waals surface area contributed by atoms with Gasteiger partial charge in [0.1, 0.15) is 0 Å². The van der Waals surface area contributed by atoms with Crippen molar-refractivity contribution in [2.24, 2.45) is 0 Å². The first kappa shape index (κ1) is 13.9. The lowest BCUT2D eigenvalue weighted by molar-refractivity contribution is -0.384. The number of carbonyl (C=O) groups is 1. The molecule has 1 heterocycles. The van der Waals surface area contributed by atoms with Crippen molar-refractivity contribution >= 4 is 23.4 Å². The van der Waals surface area contributed by atoms with Crippen LogP contribution in [0.5, 0.6) is 0 Å². The molecular formula is C12H9N3O4S. The van der Waals surface area contributed by atoms with E-state index in [1.54, 1.807) is 12.4 Å². The first-order valence-electron chi connectivity index (χ1n) is 5.45. The van der Waals surface area contributed by atoms with Crippen molar-refractivity contribution in [3.05, 3.63) is 51.8 Å². The molecule has 0 aliphatic rings. The van der Waals surface area contributed by atoms with E-state index in [0.717, 1.165) is 23.4 Å². The second-order valence-electron chi connectivity index (χ2n) is 3.89. The van der Waals surface area contributed by atoms with Crippen molar-refractivity contribution in [2.45, 2.75) is 17.0 Å². The van der Waals surface area contributed by atoms with E-state index in [4.69, 9.17) is 5.11 Å². The summed E-state index contributed by atoms with van der Waals surface area (Å²) in [5.74, 6) is -1.23. The number of aromatic nitrogens is 2. The fourth-order valence-electron chi connectivity index (χ4n) is 1.42. The number of aromatic carboxylic acids is 1. The van der Waals surface area contributed by atoms with Crippen molar-refractivity contribution in [1.82, 2.24) is 9.97 Å². The quantitative estimate of drug-likeness (QED) is 0.524. The van der Waals surface area contributed by atoms with Gasteiger partial charge in [0.2, 0.25) is 0 Å². The van der Waals surface area contributed by atoms with Crippen molar-refractivity contribution in [3.8, 4) is 0 Å². The molecule has 0 aliphatic carbocycles. The van der Waals surface area contributed by atoms with Gasteiger partial charge in [-0.05, 0) is 30.3 Å². The molecular weight excluding hydrogens is 282 g/mol. The summed E-state index contributed by atoms with van der Waals surface area (Å²) in [6.45, 7) is 1.84. The second-order valence-corrected chi connectivity index (χ2v) is 4.90. The largest absolute Gasteiger partial charge is 0.478 e. The fourth-order valence-corrected chi connectivity index (χ4v) is 2.22. The van der Waals surface area contributed by atoms with Gasteiger partial charge in [0.25, 0.3) is 5.69 Å². The standard InChI is InChI=1S/C12H9N3O4S/c1-7-5-13-12(14-6-7)20-10-3-2-8(15(18)19)4-9(10)11(16)17/h2-6H,1H3,(H,16,17). The molecule has 0 unspecified atom stereocenters. The third-order valence-corrected chi connectivity index (χ3v) is 3.33. The highest BCUT2D eigenvalue weighted by Crippen LogP contribution is 2.30. The number of carboxylic acid groups (broad SMARTS) is 1. The van der Waals surface area contributed by atoms with E-state index in [1.165, 1.54) is 12.1 Å². The molecule has 0 bridgehead atoms. The fraction of sp³-hybridized carbons (Fsp3) is 0.0833. The van der Waals surface area contributed by atoms with Crippen molar-refractivity contribution in [2.75, 3.05) is 0 Å². The average Bonchev–Trinajstić information content (AvgIpc) is 2.41. The number of aryl methyl sites for hydroxylation is 1. The van der Waals surface area contributed by atoms with Gasteiger partial charge in [-0.25, -0.2) is 14.8 Å². The number of carboxylic acids is 1. The maximum Gasteiger partial charge on any atom is 0.337 e. The third kappa shape index (κ3) is 3.09. The van der Waals surface area contributed by atoms with Crippen molar-refractivity contribution in [3.63, 3.8) is 0 Å². The van der Waals surface area contributed by atoms with Crippen LogP contribution in [-0.4, -0.2) is 26.0 Å². The number of rotatable bonds is 4. The molecule has 0 spiro atoms. The lowest BCUT2D eigenvalue weighted by Gasteiger charge is -2.04. The predicted octanol–water partition coefficient (Wildman–Crippen LogP) is 2.54. The summed E-state index contributed by atoms with van der Waals surface area (Å²) >= 11 is 1.05. The zero-order chi connectivity index (χ0) is 14.7. The summed E-state index contributed by atoms with van der Waals surface area (Å²) in [5.41, 5.74) is 0.474. The van der Waals surface area contributed by atoms with Crippen LogP contribution in [0, 0.1) is 17.0 Å². The molecule has 8 heteroatoms. The molecule has 2 aromatic rings. The molecule has 0 atom stereocenters. The highest BCUT2D eigenvalue weighted by Gasteiger charge is 2.17. The molecule has 7 nitrogen and oxygen atoms in total. The molecule has 0 radical (unpaired) electrons. The zero-order valence-corrected chi connectivity index (χ0v) is 11.1. The Labute approximate surface area is 117 Å². The van der Waals surface area contributed by atoms with Gasteiger partial charge in [-0.1, -0.05) is 0 Å². The number of nitro groups is 1. The minimum absolute atomic E-state index is 0.145. The van der Waals surface area contributed by atoms with E-state index >= 15 is 0 Å². The summed E-state index contributed by atoms with van der Waals surface area (Å²) in [6, 6.07) is 3.66. The van der Waals surface area contributed by atoms with E-state index in [0.29, 0.717) is 10.1 Å². The van der Waals surface area contributed by atoms with E-state index in [2.05, 4.69) is 9.97 Å². The van der Waals surface area contributed by atoms with Gasteiger partial charge in [0, 0.05) is 29.4 Å². The number of benzene rings is 1. The highest BCUT2D eigenvalue weighted by atomic mass is 32.2. The molecule has 20 heavy (non-hydrogen) atoms. The number of non-ortho nitro benzene ring substituents is 1. The van der Waals surface area contributed by atoms with E-state index in [-0.39, 0.29) is 11.3 Å². The van der Waals surface area contributed by atoms with E-state index in [1.807, 2.05) is 6.92 Å². The van der Waals surface area contributed by atoms with Crippen LogP contribution in [0.2, 0.25) is 0 Å². The summed E-state index contributed by atoms with van der Waals surface area (Å²) in [4.78, 5) is 29.7. The van der Waals surface area contributed by atoms with E-state index in [9.17, 15) is 14.9 Å². The second kappa shape index (κ2) is 5.66. The number of nitro benzene ring substituents is 1. The Kier molecular flexibility index (Phi) is 3.94. The molecule has 0 aliphatic heterocycles. The summed E-state index contributed by atoms with van der Waals surface area (Å²) in [7, 11) is 0. The molecule has 0 saturated carbocycles. The first-order valence-corrected chi connectivity index (χ1v) is 6.27. The normalized spacial score (nSPS) is 10.2. The number of hydrogen-bond donors (Lipinski definition) is 1. The van der Waals surface area contributed by atoms with Gasteiger partial charge < -0.3 is 5.11 Å². The Morgan fingerprint density at radius 2 is 2.00 bits per heavy atom. The highest BCUT2D eigenvalue weighted by molar-refractivity contribution is 7.99. The molecule has 2 rings (SSSR count). The summed E-state index contributed by atoms with van der Waals surface area (Å²) in [6.07, 6.45) is 3.22. The molecule has 0 fully saturated rings. The van der Waals surface area contributed by atoms with Crippen LogP contribution in [-0.2, 0) is 0 Å². The predicted molar refractivity (Wildman–Crippen MR) is 70.9 cm³/mol. The van der Waals surface area contributed by atoms with Gasteiger partial charge in [-0.15, -0.1) is 0 Å². The number of nitrogens with zero attached hydrogens (tertiary/aromatic N) is 3. The summed E-state index contributed by atoms with van der Waals surface area (Å²) in [5, 5.41) is 20.2. The third-order valence-electron chi connectivity index (χ3n) is 2.36. The molecule has 1 N–H and O–H groups in total. The zero-order valence-electron chi connectivity index (χ0n) is 10.3. The summed E-state index contributed by atoms with van der Waals surface area (Å²) < 4.78 is 0. The van der Waals surface area contributed by atoms with Crippen LogP contribution in [0.25, 0.3) is 0 Å². The van der Waals surface area contributed by atoms with Gasteiger partial charge in [-0.2, -0.15) is 0 Å². The molecule has 0 saturated heterocycles.